The first-order valence-corrected chi connectivity index (χ1v) is 27.5. The van der Waals surface area contributed by atoms with Gasteiger partial charge in [0.2, 0.25) is 0 Å². The monoisotopic (exact) mass is 1260 g/mol. The number of nitro groups is 2. The zero-order valence-electron chi connectivity index (χ0n) is 48.4. The van der Waals surface area contributed by atoms with E-state index in [1.807, 2.05) is 121 Å². The molecule has 19 heteroatoms. The van der Waals surface area contributed by atoms with Crippen molar-refractivity contribution in [2.75, 3.05) is 5.73 Å². The van der Waals surface area contributed by atoms with Crippen LogP contribution in [0.25, 0.3) is 50.1 Å². The SMILES string of the molecule is C.CC(C)(C)c1cc(-c2ccccc2)c(O)c(-n2nc3ccc(Cl)cc3n2)c1.CC(C)(C)c1cc(N=Nc2ccc(Cl)cc2[N+](=O)[O-])c(O)c(-c2ccccc2)c1.CC(C)(C)c1ccc(O)c(-c2ccccc2)c1.Nc1ccc(Cl)cc1[N+](=O)[O-].[Zn]. The van der Waals surface area contributed by atoms with Crippen molar-refractivity contribution < 1.29 is 44.6 Å². The number of hydrogen-bond acceptors (Lipinski definition) is 12. The van der Waals surface area contributed by atoms with Gasteiger partial charge in [0.1, 0.15) is 33.8 Å². The van der Waals surface area contributed by atoms with E-state index >= 15 is 0 Å². The molecule has 5 N–H and O–H groups in total. The number of aromatic nitrogens is 3. The topological polar surface area (TPSA) is 228 Å². The first kappa shape index (κ1) is 68.3. The van der Waals surface area contributed by atoms with Gasteiger partial charge in [0, 0.05) is 63.4 Å². The van der Waals surface area contributed by atoms with E-state index in [2.05, 4.69) is 88.8 Å². The van der Waals surface area contributed by atoms with Crippen molar-refractivity contribution in [3.63, 3.8) is 0 Å². The van der Waals surface area contributed by atoms with Crippen molar-refractivity contribution in [2.45, 2.75) is 86.0 Å². The quantitative estimate of drug-likeness (QED) is 0.0370. The van der Waals surface area contributed by atoms with Gasteiger partial charge in [0.05, 0.1) is 9.85 Å². The Kier molecular flexibility index (Phi) is 23.0. The van der Waals surface area contributed by atoms with E-state index in [4.69, 9.17) is 40.5 Å². The first-order chi connectivity index (χ1) is 39.6. The average molecular weight is 1270 g/mol. The molecule has 0 bridgehead atoms. The standard InChI is InChI=1S/C22H20ClN3O3.C22H20ClN3O.C16H18O.C6H5ClN2O2.CH4.Zn/c1-22(2,3)15-11-17(14-7-5-4-6-8-14)21(27)19(12-15)25-24-18-10-9-16(23)13-20(18)26(28)29;1-22(2,3)15-11-17(14-7-5-4-6-8-14)21(27)20(12-15)26-24-18-10-9-16(23)13-19(18)25-26;1-16(2,3)13-9-10-15(17)14(11-13)12-7-5-4-6-8-12;7-4-1-2-5(8)6(3-4)9(10)11;;/h4-13,27H,1-3H3;4-13,27H,1-3H3;4-11,17H,1-3H3;1-3H,8H2;1H4;. The normalized spacial score (nSPS) is 11.2. The molecule has 1 aromatic heterocycles. The summed E-state index contributed by atoms with van der Waals surface area (Å²) in [5.74, 6) is 0.453. The number of nitrogens with zero attached hydrogens (tertiary/aromatic N) is 7. The fraction of sp³-hybridized carbons (Fsp3) is 0.194. The number of nitrogens with two attached hydrogens (primary N) is 1. The summed E-state index contributed by atoms with van der Waals surface area (Å²) in [5.41, 5.74) is 15.5. The number of nitrogen functional groups attached to an aromatic ring is 1. The van der Waals surface area contributed by atoms with Crippen LogP contribution in [-0.4, -0.2) is 40.2 Å². The van der Waals surface area contributed by atoms with Crippen LogP contribution in [0.15, 0.2) is 198 Å². The van der Waals surface area contributed by atoms with Crippen molar-refractivity contribution in [1.82, 2.24) is 15.0 Å². The van der Waals surface area contributed by atoms with E-state index in [0.29, 0.717) is 32.6 Å². The second kappa shape index (κ2) is 29.0. The summed E-state index contributed by atoms with van der Waals surface area (Å²) in [4.78, 5) is 21.9. The minimum absolute atomic E-state index is 0. The molecule has 0 amide bonds. The van der Waals surface area contributed by atoms with Gasteiger partial charge in [0.25, 0.3) is 11.4 Å². The van der Waals surface area contributed by atoms with E-state index in [1.165, 1.54) is 46.8 Å². The minimum atomic E-state index is -0.568. The number of benzene rings is 9. The second-order valence-electron chi connectivity index (χ2n) is 22.5. The molecule has 0 radical (unpaired) electrons. The number of anilines is 1. The maximum Gasteiger partial charge on any atom is 0.298 e. The van der Waals surface area contributed by atoms with Gasteiger partial charge in [-0.3, -0.25) is 20.2 Å². The molecular weight excluding hydrogens is 1200 g/mol. The molecule has 1 heterocycles. The maximum atomic E-state index is 11.3. The van der Waals surface area contributed by atoms with Crippen LogP contribution in [0.3, 0.4) is 0 Å². The Balaban J connectivity index is 0.000000219. The first-order valence-electron chi connectivity index (χ1n) is 26.4. The Morgan fingerprint density at radius 2 is 0.884 bits per heavy atom. The van der Waals surface area contributed by atoms with E-state index in [1.54, 1.807) is 24.3 Å². The molecule has 0 aliphatic rings. The van der Waals surface area contributed by atoms with Gasteiger partial charge in [-0.15, -0.1) is 25.2 Å². The summed E-state index contributed by atoms with van der Waals surface area (Å²) in [7, 11) is 0. The molecule has 0 saturated heterocycles. The van der Waals surface area contributed by atoms with Crippen molar-refractivity contribution in [3.8, 4) is 56.3 Å². The number of rotatable bonds is 8. The Morgan fingerprint density at radius 1 is 0.465 bits per heavy atom. The van der Waals surface area contributed by atoms with Gasteiger partial charge in [-0.05, 0) is 128 Å². The number of aromatic hydroxyl groups is 3. The molecule has 10 rings (SSSR count). The van der Waals surface area contributed by atoms with Crippen molar-refractivity contribution in [3.05, 3.63) is 240 Å². The molecule has 0 fully saturated rings. The predicted octanol–water partition coefficient (Wildman–Crippen LogP) is 19.9. The van der Waals surface area contributed by atoms with Gasteiger partial charge >= 0.3 is 0 Å². The number of phenolic OH excluding ortho intramolecular Hbond substituents is 3. The molecule has 0 saturated carbocycles. The van der Waals surface area contributed by atoms with Gasteiger partial charge in [-0.25, -0.2) is 0 Å². The smallest absolute Gasteiger partial charge is 0.298 e. The van der Waals surface area contributed by atoms with Crippen molar-refractivity contribution in [1.29, 1.82) is 0 Å². The summed E-state index contributed by atoms with van der Waals surface area (Å²) in [6.45, 7) is 19.1. The van der Waals surface area contributed by atoms with Gasteiger partial charge in [-0.1, -0.05) is 202 Å². The maximum absolute atomic E-state index is 11.3. The summed E-state index contributed by atoms with van der Waals surface area (Å²) in [6, 6.07) is 56.4. The molecule has 15 nitrogen and oxygen atoms in total. The fourth-order valence-corrected chi connectivity index (χ4v) is 8.86. The molecule has 0 aliphatic heterocycles. The molecule has 10 aromatic rings. The summed E-state index contributed by atoms with van der Waals surface area (Å²) in [6.07, 6.45) is 0. The van der Waals surface area contributed by atoms with Crippen LogP contribution in [0.1, 0.15) is 86.4 Å². The number of nitro benzene ring substituents is 2. The molecule has 0 atom stereocenters. The third-order valence-corrected chi connectivity index (χ3v) is 13.9. The zero-order chi connectivity index (χ0) is 61.3. The van der Waals surface area contributed by atoms with Gasteiger partial charge in [-0.2, -0.15) is 0 Å². The van der Waals surface area contributed by atoms with Crippen LogP contribution in [0, 0.1) is 20.2 Å². The summed E-state index contributed by atoms with van der Waals surface area (Å²) in [5, 5.41) is 71.7. The van der Waals surface area contributed by atoms with Gasteiger partial charge < -0.3 is 21.1 Å². The molecule has 440 valence electrons. The number of hydrogen-bond donors (Lipinski definition) is 4. The minimum Gasteiger partial charge on any atom is -0.507 e. The molecular formula is C67H67Cl3N8O7Zn. The largest absolute Gasteiger partial charge is 0.507 e. The van der Waals surface area contributed by atoms with Crippen molar-refractivity contribution in [2.24, 2.45) is 10.2 Å². The zero-order valence-corrected chi connectivity index (χ0v) is 53.7. The number of halogens is 3. The summed E-state index contributed by atoms with van der Waals surface area (Å²) >= 11 is 17.4. The molecule has 0 aliphatic carbocycles. The molecule has 86 heavy (non-hydrogen) atoms. The third-order valence-electron chi connectivity index (χ3n) is 13.2. The molecule has 9 aromatic carbocycles. The molecule has 0 unspecified atom stereocenters. The Bertz CT molecular complexity index is 4020. The number of fused-ring (bicyclic) bond motifs is 1. The molecule has 0 spiro atoms. The van der Waals surface area contributed by atoms with Crippen molar-refractivity contribution >= 4 is 74.3 Å². The predicted molar refractivity (Wildman–Crippen MR) is 346 cm³/mol. The van der Waals surface area contributed by atoms with E-state index in [0.717, 1.165) is 44.5 Å². The van der Waals surface area contributed by atoms with Crippen LogP contribution < -0.4 is 5.73 Å². The Morgan fingerprint density at radius 3 is 1.38 bits per heavy atom. The van der Waals surface area contributed by atoms with Crippen LogP contribution in [0.5, 0.6) is 17.2 Å². The van der Waals surface area contributed by atoms with E-state index in [-0.39, 0.29) is 88.1 Å². The Labute approximate surface area is 528 Å². The van der Waals surface area contributed by atoms with E-state index in [9.17, 15) is 35.5 Å². The Hall–Kier alpha value is -8.53. The van der Waals surface area contributed by atoms with Crippen LogP contribution >= 0.6 is 34.8 Å². The van der Waals surface area contributed by atoms with Crippen LogP contribution in [-0.2, 0) is 35.7 Å². The number of phenols is 3. The summed E-state index contributed by atoms with van der Waals surface area (Å²) < 4.78 is 0. The van der Waals surface area contributed by atoms with E-state index < -0.39 is 9.85 Å². The average Bonchev–Trinajstić information content (AvgIpc) is 1.63. The van der Waals surface area contributed by atoms with Crippen LogP contribution in [0.4, 0.5) is 28.4 Å². The second-order valence-corrected chi connectivity index (χ2v) is 23.8. The number of azo groups is 1. The van der Waals surface area contributed by atoms with Crippen LogP contribution in [0.2, 0.25) is 15.1 Å². The third kappa shape index (κ3) is 17.5. The fourth-order valence-electron chi connectivity index (χ4n) is 8.37. The van der Waals surface area contributed by atoms with Gasteiger partial charge in [0.15, 0.2) is 17.2 Å².